The van der Waals surface area contributed by atoms with Crippen molar-refractivity contribution in [2.75, 3.05) is 12.4 Å². The van der Waals surface area contributed by atoms with Crippen molar-refractivity contribution in [1.82, 2.24) is 0 Å². The smallest absolute Gasteiger partial charge is 0.122 e. The second-order valence-electron chi connectivity index (χ2n) is 4.76. The normalized spacial score (nSPS) is 12.0. The van der Waals surface area contributed by atoms with E-state index in [1.165, 1.54) is 5.56 Å². The molecule has 0 aliphatic carbocycles. The molecule has 0 aliphatic heterocycles. The predicted molar refractivity (Wildman–Crippen MR) is 91.6 cm³/mol. The average Bonchev–Trinajstić information content (AvgIpc) is 2.40. The van der Waals surface area contributed by atoms with Gasteiger partial charge in [0.1, 0.15) is 5.75 Å². The second kappa shape index (κ2) is 7.14. The molecule has 106 valence electrons. The Hall–Kier alpha value is -1.00. The Labute approximate surface area is 136 Å². The van der Waals surface area contributed by atoms with Gasteiger partial charge in [0.05, 0.1) is 7.11 Å². The highest BCUT2D eigenvalue weighted by Crippen LogP contribution is 2.25. The van der Waals surface area contributed by atoms with Crippen LogP contribution in [-0.4, -0.2) is 13.2 Å². The summed E-state index contributed by atoms with van der Waals surface area (Å²) in [6.45, 7) is 2.18. The van der Waals surface area contributed by atoms with E-state index in [1.54, 1.807) is 7.11 Å². The monoisotopic (exact) mass is 397 g/mol. The van der Waals surface area contributed by atoms with Crippen LogP contribution in [0.15, 0.2) is 51.4 Å². The average molecular weight is 399 g/mol. The standard InChI is InChI=1S/C16H17Br2NO/c1-11(7-12-3-5-13(17)6-4-12)19-15-8-14(18)9-16(10-15)20-2/h3-6,8-11,19H,7H2,1-2H3. The third-order valence-electron chi connectivity index (χ3n) is 2.98. The molecule has 0 aliphatic rings. The maximum absolute atomic E-state index is 5.27. The molecule has 2 aromatic carbocycles. The van der Waals surface area contributed by atoms with Crippen LogP contribution in [0, 0.1) is 0 Å². The molecular weight excluding hydrogens is 382 g/mol. The van der Waals surface area contributed by atoms with Crippen molar-refractivity contribution in [2.45, 2.75) is 19.4 Å². The number of hydrogen-bond acceptors (Lipinski definition) is 2. The van der Waals surface area contributed by atoms with Crippen molar-refractivity contribution >= 4 is 37.5 Å². The van der Waals surface area contributed by atoms with Crippen LogP contribution in [0.3, 0.4) is 0 Å². The molecule has 1 N–H and O–H groups in total. The molecule has 2 rings (SSSR count). The summed E-state index contributed by atoms with van der Waals surface area (Å²) in [7, 11) is 1.68. The molecule has 0 saturated carbocycles. The lowest BCUT2D eigenvalue weighted by molar-refractivity contribution is 0.414. The summed E-state index contributed by atoms with van der Waals surface area (Å²) < 4.78 is 7.39. The number of ether oxygens (including phenoxy) is 1. The summed E-state index contributed by atoms with van der Waals surface area (Å²) in [5, 5.41) is 3.50. The summed E-state index contributed by atoms with van der Waals surface area (Å²) in [5.74, 6) is 0.845. The van der Waals surface area contributed by atoms with E-state index < -0.39 is 0 Å². The quantitative estimate of drug-likeness (QED) is 0.741. The number of anilines is 1. The summed E-state index contributed by atoms with van der Waals surface area (Å²) in [5.41, 5.74) is 2.37. The molecule has 0 saturated heterocycles. The molecule has 0 fully saturated rings. The first kappa shape index (κ1) is 15.4. The van der Waals surface area contributed by atoms with E-state index in [-0.39, 0.29) is 0 Å². The number of hydrogen-bond donors (Lipinski definition) is 1. The van der Waals surface area contributed by atoms with Gasteiger partial charge in [0.2, 0.25) is 0 Å². The van der Waals surface area contributed by atoms with Crippen LogP contribution in [0.4, 0.5) is 5.69 Å². The fraction of sp³-hybridized carbons (Fsp3) is 0.250. The number of halogens is 2. The van der Waals surface area contributed by atoms with Crippen LogP contribution in [0.1, 0.15) is 12.5 Å². The van der Waals surface area contributed by atoms with E-state index in [0.29, 0.717) is 6.04 Å². The highest BCUT2D eigenvalue weighted by Gasteiger charge is 2.06. The van der Waals surface area contributed by atoms with Gasteiger partial charge in [0.25, 0.3) is 0 Å². The van der Waals surface area contributed by atoms with Gasteiger partial charge in [0.15, 0.2) is 0 Å². The van der Waals surface area contributed by atoms with Crippen LogP contribution in [0.25, 0.3) is 0 Å². The minimum Gasteiger partial charge on any atom is -0.497 e. The Balaban J connectivity index is 2.02. The lowest BCUT2D eigenvalue weighted by Gasteiger charge is -2.16. The zero-order chi connectivity index (χ0) is 14.5. The fourth-order valence-electron chi connectivity index (χ4n) is 2.07. The highest BCUT2D eigenvalue weighted by atomic mass is 79.9. The van der Waals surface area contributed by atoms with Crippen LogP contribution in [-0.2, 0) is 6.42 Å². The number of rotatable bonds is 5. The molecule has 0 amide bonds. The summed E-state index contributed by atoms with van der Waals surface area (Å²) >= 11 is 6.95. The first-order valence-corrected chi connectivity index (χ1v) is 8.01. The predicted octanol–water partition coefficient (Wildman–Crippen LogP) is 5.26. The zero-order valence-corrected chi connectivity index (χ0v) is 14.7. The van der Waals surface area contributed by atoms with Crippen molar-refractivity contribution in [3.8, 4) is 5.75 Å². The van der Waals surface area contributed by atoms with E-state index in [2.05, 4.69) is 74.4 Å². The largest absolute Gasteiger partial charge is 0.497 e. The lowest BCUT2D eigenvalue weighted by Crippen LogP contribution is -2.18. The van der Waals surface area contributed by atoms with Crippen molar-refractivity contribution in [2.24, 2.45) is 0 Å². The Kier molecular flexibility index (Phi) is 5.49. The molecule has 0 bridgehead atoms. The second-order valence-corrected chi connectivity index (χ2v) is 6.59. The van der Waals surface area contributed by atoms with Crippen molar-refractivity contribution in [3.05, 3.63) is 57.0 Å². The number of nitrogens with one attached hydrogen (secondary N) is 1. The molecule has 1 atom stereocenters. The van der Waals surface area contributed by atoms with Gasteiger partial charge in [-0.3, -0.25) is 0 Å². The highest BCUT2D eigenvalue weighted by molar-refractivity contribution is 9.10. The maximum Gasteiger partial charge on any atom is 0.122 e. The van der Waals surface area contributed by atoms with E-state index in [0.717, 1.165) is 26.8 Å². The van der Waals surface area contributed by atoms with Crippen LogP contribution in [0.2, 0.25) is 0 Å². The molecule has 0 radical (unpaired) electrons. The molecule has 0 heterocycles. The molecule has 1 unspecified atom stereocenters. The van der Waals surface area contributed by atoms with Crippen LogP contribution < -0.4 is 10.1 Å². The van der Waals surface area contributed by atoms with Gasteiger partial charge in [-0.15, -0.1) is 0 Å². The van der Waals surface area contributed by atoms with Gasteiger partial charge >= 0.3 is 0 Å². The molecule has 0 spiro atoms. The van der Waals surface area contributed by atoms with Crippen molar-refractivity contribution in [3.63, 3.8) is 0 Å². The topological polar surface area (TPSA) is 21.3 Å². The van der Waals surface area contributed by atoms with Crippen molar-refractivity contribution in [1.29, 1.82) is 0 Å². The van der Waals surface area contributed by atoms with Crippen LogP contribution in [0.5, 0.6) is 5.75 Å². The number of methoxy groups -OCH3 is 1. The Morgan fingerprint density at radius 1 is 1.05 bits per heavy atom. The van der Waals surface area contributed by atoms with Crippen molar-refractivity contribution < 1.29 is 4.74 Å². The van der Waals surface area contributed by atoms with Gasteiger partial charge in [-0.1, -0.05) is 44.0 Å². The zero-order valence-electron chi connectivity index (χ0n) is 11.5. The fourth-order valence-corrected chi connectivity index (χ4v) is 2.81. The van der Waals surface area contributed by atoms with Gasteiger partial charge < -0.3 is 10.1 Å². The first-order valence-electron chi connectivity index (χ1n) is 6.42. The number of benzene rings is 2. The minimum absolute atomic E-state index is 0.343. The Bertz CT molecular complexity index is 569. The summed E-state index contributed by atoms with van der Waals surface area (Å²) in [6, 6.07) is 14.8. The van der Waals surface area contributed by atoms with Gasteiger partial charge in [-0.25, -0.2) is 0 Å². The molecule has 2 nitrogen and oxygen atoms in total. The van der Waals surface area contributed by atoms with E-state index in [9.17, 15) is 0 Å². The third-order valence-corrected chi connectivity index (χ3v) is 3.96. The molecular formula is C16H17Br2NO. The third kappa shape index (κ3) is 4.53. The Morgan fingerprint density at radius 2 is 1.75 bits per heavy atom. The lowest BCUT2D eigenvalue weighted by atomic mass is 10.1. The summed E-state index contributed by atoms with van der Waals surface area (Å²) in [4.78, 5) is 0. The van der Waals surface area contributed by atoms with E-state index in [1.807, 2.05) is 12.1 Å². The van der Waals surface area contributed by atoms with Gasteiger partial charge in [-0.05, 0) is 43.2 Å². The molecule has 4 heteroatoms. The molecule has 20 heavy (non-hydrogen) atoms. The molecule has 0 aromatic heterocycles. The maximum atomic E-state index is 5.27. The molecule has 2 aromatic rings. The van der Waals surface area contributed by atoms with Gasteiger partial charge in [0, 0.05) is 26.7 Å². The Morgan fingerprint density at radius 3 is 2.40 bits per heavy atom. The minimum atomic E-state index is 0.343. The SMILES string of the molecule is COc1cc(Br)cc(NC(C)Cc2ccc(Br)cc2)c1. The van der Waals surface area contributed by atoms with Gasteiger partial charge in [-0.2, -0.15) is 0 Å². The summed E-state index contributed by atoms with van der Waals surface area (Å²) in [6.07, 6.45) is 0.974. The first-order chi connectivity index (χ1) is 9.56. The van der Waals surface area contributed by atoms with E-state index >= 15 is 0 Å². The van der Waals surface area contributed by atoms with Crippen LogP contribution >= 0.6 is 31.9 Å². The van der Waals surface area contributed by atoms with E-state index in [4.69, 9.17) is 4.74 Å².